The van der Waals surface area contributed by atoms with Crippen molar-refractivity contribution in [3.63, 3.8) is 0 Å². The Bertz CT molecular complexity index is 750. The highest BCUT2D eigenvalue weighted by atomic mass is 16.5. The van der Waals surface area contributed by atoms with Gasteiger partial charge in [-0.15, -0.1) is 0 Å². The van der Waals surface area contributed by atoms with Crippen molar-refractivity contribution in [1.82, 2.24) is 0 Å². The zero-order chi connectivity index (χ0) is 18.2. The van der Waals surface area contributed by atoms with Crippen molar-refractivity contribution in [2.45, 2.75) is 65.2 Å². The highest BCUT2D eigenvalue weighted by Gasteiger charge is 2.63. The van der Waals surface area contributed by atoms with Crippen LogP contribution in [0.15, 0.2) is 12.1 Å². The monoisotopic (exact) mass is 342 g/mol. The number of benzene rings is 1. The summed E-state index contributed by atoms with van der Waals surface area (Å²) in [4.78, 5) is 12.6. The Morgan fingerprint density at radius 1 is 1.12 bits per heavy atom. The number of aromatic hydroxyl groups is 1. The molecule has 0 radical (unpaired) electrons. The van der Waals surface area contributed by atoms with Crippen molar-refractivity contribution in [3.05, 3.63) is 23.3 Å². The SMILES string of the molecule is COc1cc(O)c2c(c1)C[C@@H]1[C@@]3(C)CCC(=O)C(C)(C)[C@@H]3CC[C@@]21C. The van der Waals surface area contributed by atoms with Crippen molar-refractivity contribution in [2.75, 3.05) is 7.11 Å². The molecule has 4 atom stereocenters. The van der Waals surface area contributed by atoms with Gasteiger partial charge in [-0.25, -0.2) is 0 Å². The van der Waals surface area contributed by atoms with Gasteiger partial charge in [0.05, 0.1) is 7.11 Å². The number of fused-ring (bicyclic) bond motifs is 5. The molecule has 0 aliphatic heterocycles. The number of hydrogen-bond donors (Lipinski definition) is 1. The van der Waals surface area contributed by atoms with Gasteiger partial charge in [-0.05, 0) is 54.6 Å². The van der Waals surface area contributed by atoms with Gasteiger partial charge in [0.1, 0.15) is 17.3 Å². The van der Waals surface area contributed by atoms with E-state index in [2.05, 4.69) is 33.8 Å². The zero-order valence-electron chi connectivity index (χ0n) is 16.1. The van der Waals surface area contributed by atoms with E-state index in [9.17, 15) is 9.90 Å². The maximum atomic E-state index is 12.6. The highest BCUT2D eigenvalue weighted by molar-refractivity contribution is 5.85. The third-order valence-corrected chi connectivity index (χ3v) is 8.20. The van der Waals surface area contributed by atoms with E-state index in [0.717, 1.165) is 37.0 Å². The van der Waals surface area contributed by atoms with E-state index in [1.165, 1.54) is 5.56 Å². The molecule has 0 spiro atoms. The Morgan fingerprint density at radius 3 is 2.52 bits per heavy atom. The predicted molar refractivity (Wildman–Crippen MR) is 98.1 cm³/mol. The number of Topliss-reactive ketones (excluding diaryl/α,β-unsaturated/α-hetero) is 1. The number of carbonyl (C=O) groups is 1. The van der Waals surface area contributed by atoms with Crippen LogP contribution in [0.3, 0.4) is 0 Å². The molecular weight excluding hydrogens is 312 g/mol. The fourth-order valence-electron chi connectivity index (χ4n) is 6.92. The smallest absolute Gasteiger partial charge is 0.138 e. The molecule has 1 aromatic carbocycles. The van der Waals surface area contributed by atoms with Gasteiger partial charge in [0.25, 0.3) is 0 Å². The summed E-state index contributed by atoms with van der Waals surface area (Å²) in [5.41, 5.74) is 2.27. The van der Waals surface area contributed by atoms with Gasteiger partial charge in [-0.3, -0.25) is 4.79 Å². The summed E-state index contributed by atoms with van der Waals surface area (Å²) in [6.07, 6.45) is 4.76. The van der Waals surface area contributed by atoms with Gasteiger partial charge in [-0.1, -0.05) is 27.7 Å². The van der Waals surface area contributed by atoms with E-state index >= 15 is 0 Å². The second-order valence-corrected chi connectivity index (χ2v) is 9.60. The summed E-state index contributed by atoms with van der Waals surface area (Å²) in [5.74, 6) is 2.45. The summed E-state index contributed by atoms with van der Waals surface area (Å²) in [5, 5.41) is 10.7. The molecule has 1 N–H and O–H groups in total. The molecule has 1 aromatic rings. The molecule has 3 aliphatic carbocycles. The number of methoxy groups -OCH3 is 1. The summed E-state index contributed by atoms with van der Waals surface area (Å²) >= 11 is 0. The average Bonchev–Trinajstić information content (AvgIpc) is 2.86. The molecule has 0 aromatic heterocycles. The molecule has 0 unspecified atom stereocenters. The van der Waals surface area contributed by atoms with E-state index in [4.69, 9.17) is 4.74 Å². The first-order chi connectivity index (χ1) is 11.6. The lowest BCUT2D eigenvalue weighted by atomic mass is 9.43. The number of ether oxygens (including phenoxy) is 1. The first kappa shape index (κ1) is 16.9. The van der Waals surface area contributed by atoms with Crippen LogP contribution in [0.4, 0.5) is 0 Å². The van der Waals surface area contributed by atoms with Crippen LogP contribution in [0.1, 0.15) is 64.5 Å². The predicted octanol–water partition coefficient (Wildman–Crippen LogP) is 4.64. The maximum Gasteiger partial charge on any atom is 0.138 e. The Hall–Kier alpha value is -1.51. The van der Waals surface area contributed by atoms with E-state index in [1.54, 1.807) is 13.2 Å². The Labute approximate surface area is 150 Å². The topological polar surface area (TPSA) is 46.5 Å². The molecule has 4 rings (SSSR count). The normalized spacial score (nSPS) is 38.7. The largest absolute Gasteiger partial charge is 0.507 e. The molecule has 0 amide bonds. The Kier molecular flexibility index (Phi) is 3.40. The number of ketones is 1. The first-order valence-electron chi connectivity index (χ1n) is 9.58. The summed E-state index contributed by atoms with van der Waals surface area (Å²) in [6.45, 7) is 9.06. The molecule has 0 saturated heterocycles. The van der Waals surface area contributed by atoms with Crippen LogP contribution in [0.2, 0.25) is 0 Å². The average molecular weight is 342 g/mol. The Balaban J connectivity index is 1.83. The van der Waals surface area contributed by atoms with Gasteiger partial charge in [0.2, 0.25) is 0 Å². The third kappa shape index (κ3) is 2.01. The number of phenolic OH excluding ortho intramolecular Hbond substituents is 1. The fourth-order valence-corrected chi connectivity index (χ4v) is 6.92. The molecule has 3 heteroatoms. The molecule has 2 saturated carbocycles. The van der Waals surface area contributed by atoms with E-state index in [-0.39, 0.29) is 16.2 Å². The van der Waals surface area contributed by atoms with Crippen LogP contribution in [-0.4, -0.2) is 18.0 Å². The second-order valence-electron chi connectivity index (χ2n) is 9.60. The summed E-state index contributed by atoms with van der Waals surface area (Å²) in [7, 11) is 1.65. The minimum Gasteiger partial charge on any atom is -0.507 e. The molecule has 2 fully saturated rings. The second kappa shape index (κ2) is 5.02. The van der Waals surface area contributed by atoms with Crippen molar-refractivity contribution < 1.29 is 14.6 Å². The summed E-state index contributed by atoms with van der Waals surface area (Å²) in [6, 6.07) is 3.87. The summed E-state index contributed by atoms with van der Waals surface area (Å²) < 4.78 is 5.38. The fraction of sp³-hybridized carbons (Fsp3) is 0.682. The van der Waals surface area contributed by atoms with E-state index in [0.29, 0.717) is 29.8 Å². The number of rotatable bonds is 1. The van der Waals surface area contributed by atoms with E-state index in [1.807, 2.05) is 0 Å². The third-order valence-electron chi connectivity index (χ3n) is 8.20. The molecule has 0 bridgehead atoms. The van der Waals surface area contributed by atoms with Crippen LogP contribution >= 0.6 is 0 Å². The number of carbonyl (C=O) groups excluding carboxylic acids is 1. The zero-order valence-corrected chi connectivity index (χ0v) is 16.1. The van der Waals surface area contributed by atoms with Gasteiger partial charge < -0.3 is 9.84 Å². The highest BCUT2D eigenvalue weighted by Crippen LogP contribution is 2.67. The minimum atomic E-state index is -0.233. The molecule has 3 aliphatic rings. The van der Waals surface area contributed by atoms with Gasteiger partial charge in [0.15, 0.2) is 0 Å². The van der Waals surface area contributed by atoms with Crippen molar-refractivity contribution >= 4 is 5.78 Å². The number of hydrogen-bond acceptors (Lipinski definition) is 3. The van der Waals surface area contributed by atoms with Crippen molar-refractivity contribution in [3.8, 4) is 11.5 Å². The van der Waals surface area contributed by atoms with Gasteiger partial charge in [-0.2, -0.15) is 0 Å². The lowest BCUT2D eigenvalue weighted by Gasteiger charge is -2.60. The minimum absolute atomic E-state index is 0.00654. The van der Waals surface area contributed by atoms with Crippen molar-refractivity contribution in [2.24, 2.45) is 22.7 Å². The lowest BCUT2D eigenvalue weighted by Crippen LogP contribution is -2.57. The van der Waals surface area contributed by atoms with Crippen LogP contribution in [0.5, 0.6) is 11.5 Å². The van der Waals surface area contributed by atoms with E-state index < -0.39 is 0 Å². The quantitative estimate of drug-likeness (QED) is 0.809. The molecule has 136 valence electrons. The lowest BCUT2D eigenvalue weighted by molar-refractivity contribution is -0.151. The number of phenols is 1. The van der Waals surface area contributed by atoms with Gasteiger partial charge in [0, 0.05) is 28.9 Å². The van der Waals surface area contributed by atoms with Crippen LogP contribution in [0.25, 0.3) is 0 Å². The molecule has 25 heavy (non-hydrogen) atoms. The molecule has 0 heterocycles. The molecular formula is C22H30O3. The standard InChI is InChI=1S/C22H30O3/c1-20(2)16-6-8-22(4)17(21(16,3)9-7-18(20)24)11-13-10-14(25-5)12-15(23)19(13)22/h10,12,16-17,23H,6-9,11H2,1-5H3/t16-,17+,21-,22+/m0/s1. The van der Waals surface area contributed by atoms with Crippen LogP contribution in [0, 0.1) is 22.7 Å². The van der Waals surface area contributed by atoms with Crippen LogP contribution < -0.4 is 4.74 Å². The molecule has 3 nitrogen and oxygen atoms in total. The van der Waals surface area contributed by atoms with Crippen molar-refractivity contribution in [1.29, 1.82) is 0 Å². The van der Waals surface area contributed by atoms with Crippen LogP contribution in [-0.2, 0) is 16.6 Å². The first-order valence-corrected chi connectivity index (χ1v) is 9.58. The van der Waals surface area contributed by atoms with Gasteiger partial charge >= 0.3 is 0 Å². The Morgan fingerprint density at radius 2 is 1.84 bits per heavy atom. The maximum absolute atomic E-state index is 12.6.